The molecule has 0 atom stereocenters. The second-order valence-corrected chi connectivity index (χ2v) is 9.65. The van der Waals surface area contributed by atoms with Crippen molar-refractivity contribution < 1.29 is 4.79 Å². The number of halogens is 1. The summed E-state index contributed by atoms with van der Waals surface area (Å²) in [4.78, 5) is 26.6. The molecule has 0 unspecified atom stereocenters. The van der Waals surface area contributed by atoms with Gasteiger partial charge in [0.05, 0.1) is 11.1 Å². The Morgan fingerprint density at radius 2 is 1.93 bits per heavy atom. The Bertz CT molecular complexity index is 1130. The van der Waals surface area contributed by atoms with E-state index < -0.39 is 5.41 Å². The molecule has 0 saturated carbocycles. The van der Waals surface area contributed by atoms with E-state index in [1.165, 1.54) is 11.3 Å². The fourth-order valence-corrected chi connectivity index (χ4v) is 4.38. The van der Waals surface area contributed by atoms with Gasteiger partial charge >= 0.3 is 0 Å². The molecule has 0 aliphatic carbocycles. The summed E-state index contributed by atoms with van der Waals surface area (Å²) in [6, 6.07) is 11.4. The first kappa shape index (κ1) is 19.8. The predicted octanol–water partition coefficient (Wildman–Crippen LogP) is 3.90. The first-order chi connectivity index (χ1) is 12.8. The number of hydrogen-bond acceptors (Lipinski definition) is 4. The number of carbonyl (C=O) groups is 1. The molecule has 1 aromatic carbocycles. The summed E-state index contributed by atoms with van der Waals surface area (Å²) >= 11 is 9.19. The van der Waals surface area contributed by atoms with Gasteiger partial charge in [0.25, 0.3) is 5.56 Å². The molecule has 0 N–H and O–H groups in total. The molecule has 27 heavy (non-hydrogen) atoms. The Hall–Kier alpha value is -1.95. The maximum atomic E-state index is 13.0. The lowest BCUT2D eigenvalue weighted by atomic mass is 9.91. The Balaban J connectivity index is 2.19. The smallest absolute Gasteiger partial charge is 0.269 e. The second-order valence-electron chi connectivity index (χ2n) is 7.21. The van der Waals surface area contributed by atoms with Crippen molar-refractivity contribution >= 4 is 52.2 Å². The zero-order valence-electron chi connectivity index (χ0n) is 15.4. The maximum Gasteiger partial charge on any atom is 0.269 e. The molecule has 0 fully saturated rings. The van der Waals surface area contributed by atoms with E-state index >= 15 is 0 Å². The number of hydrogen-bond donors (Lipinski definition) is 0. The summed E-state index contributed by atoms with van der Waals surface area (Å²) in [7, 11) is 0. The van der Waals surface area contributed by atoms with E-state index in [0.717, 1.165) is 10.4 Å². The number of carbonyl (C=O) groups excluding carboxylic acids is 1. The highest BCUT2D eigenvalue weighted by atomic mass is 35.5. The van der Waals surface area contributed by atoms with Gasteiger partial charge in [0.1, 0.15) is 4.66 Å². The van der Waals surface area contributed by atoms with Crippen LogP contribution in [-0.4, -0.2) is 10.4 Å². The first-order valence-electron chi connectivity index (χ1n) is 8.50. The van der Waals surface area contributed by atoms with Gasteiger partial charge in [-0.3, -0.25) is 14.2 Å². The van der Waals surface area contributed by atoms with Crippen molar-refractivity contribution in [3.63, 3.8) is 0 Å². The van der Waals surface area contributed by atoms with Crippen LogP contribution in [0.4, 0.5) is 0 Å². The average molecular weight is 418 g/mol. The molecule has 6 heteroatoms. The van der Waals surface area contributed by atoms with Crippen molar-refractivity contribution in [2.24, 2.45) is 5.41 Å². The molecule has 0 bridgehead atoms. The number of ketones is 1. The van der Waals surface area contributed by atoms with Gasteiger partial charge in [0.2, 0.25) is 0 Å². The molecule has 3 nitrogen and oxygen atoms in total. The highest BCUT2D eigenvalue weighted by molar-refractivity contribution is 7.11. The van der Waals surface area contributed by atoms with Crippen LogP contribution in [0, 0.1) is 5.41 Å². The summed E-state index contributed by atoms with van der Waals surface area (Å²) in [5.74, 6) is -0.0145. The minimum atomic E-state index is -0.507. The average Bonchev–Trinajstić information content (AvgIpc) is 3.20. The van der Waals surface area contributed by atoms with Gasteiger partial charge in [-0.05, 0) is 29.2 Å². The summed E-state index contributed by atoms with van der Waals surface area (Å²) in [6.07, 6.45) is 3.45. The third kappa shape index (κ3) is 4.67. The summed E-state index contributed by atoms with van der Waals surface area (Å²) in [6.45, 7) is 5.94. The van der Waals surface area contributed by atoms with Crippen LogP contribution in [0.1, 0.15) is 31.2 Å². The van der Waals surface area contributed by atoms with Gasteiger partial charge in [-0.1, -0.05) is 56.6 Å². The molecular weight excluding hydrogens is 398 g/mol. The van der Waals surface area contributed by atoms with Crippen molar-refractivity contribution in [1.29, 1.82) is 0 Å². The second kappa shape index (κ2) is 7.97. The molecular formula is C21H20ClNO2S2. The van der Waals surface area contributed by atoms with Crippen molar-refractivity contribution in [2.45, 2.75) is 27.3 Å². The van der Waals surface area contributed by atoms with Gasteiger partial charge in [-0.2, -0.15) is 0 Å². The molecule has 2 aromatic heterocycles. The van der Waals surface area contributed by atoms with Gasteiger partial charge in [0, 0.05) is 21.4 Å². The van der Waals surface area contributed by atoms with Crippen molar-refractivity contribution in [3.05, 3.63) is 76.8 Å². The minimum absolute atomic E-state index is 0.0145. The van der Waals surface area contributed by atoms with Crippen LogP contribution in [0.3, 0.4) is 0 Å². The van der Waals surface area contributed by atoms with Crippen LogP contribution in [0.5, 0.6) is 0 Å². The van der Waals surface area contributed by atoms with Crippen LogP contribution in [0.25, 0.3) is 12.2 Å². The molecule has 2 heterocycles. The normalized spacial score (nSPS) is 13.3. The van der Waals surface area contributed by atoms with Gasteiger partial charge in [-0.15, -0.1) is 22.7 Å². The van der Waals surface area contributed by atoms with Gasteiger partial charge < -0.3 is 0 Å². The Morgan fingerprint density at radius 1 is 1.19 bits per heavy atom. The first-order valence-corrected chi connectivity index (χ1v) is 10.6. The lowest BCUT2D eigenvalue weighted by Crippen LogP contribution is -2.33. The van der Waals surface area contributed by atoms with E-state index in [-0.39, 0.29) is 11.3 Å². The fraction of sp³-hybridized carbons (Fsp3) is 0.238. The standard InChI is InChI=1S/C21H20ClNO2S2/c1-21(2,3)18(24)12-19-23(13-14-7-4-5-9-16(14)22)20(25)17(27-19)11-15-8-6-10-26-15/h4-12H,13H2,1-3H3. The number of aromatic nitrogens is 1. The molecule has 0 amide bonds. The number of thiophene rings is 1. The molecule has 0 aliphatic rings. The SMILES string of the molecule is CC(C)(C)C(=O)C=c1sc(=Cc2cccs2)c(=O)n1Cc1ccccc1Cl. The third-order valence-corrected chi connectivity index (χ3v) is 6.28. The molecule has 0 aliphatic heterocycles. The summed E-state index contributed by atoms with van der Waals surface area (Å²) in [5, 5.41) is 2.57. The van der Waals surface area contributed by atoms with Crippen LogP contribution < -0.4 is 14.8 Å². The van der Waals surface area contributed by atoms with Crippen LogP contribution in [0.2, 0.25) is 5.02 Å². The largest absolute Gasteiger partial charge is 0.294 e. The zero-order chi connectivity index (χ0) is 19.6. The monoisotopic (exact) mass is 417 g/mol. The van der Waals surface area contributed by atoms with E-state index in [1.807, 2.05) is 62.6 Å². The fourth-order valence-electron chi connectivity index (χ4n) is 2.42. The Morgan fingerprint density at radius 3 is 2.56 bits per heavy atom. The topological polar surface area (TPSA) is 39.1 Å². The molecule has 140 valence electrons. The number of Topliss-reactive ketones (excluding diaryl/α,β-unsaturated/α-hetero) is 1. The molecule has 3 aromatic rings. The van der Waals surface area contributed by atoms with Crippen LogP contribution >= 0.6 is 34.3 Å². The lowest BCUT2D eigenvalue weighted by molar-refractivity contribution is -0.120. The van der Waals surface area contributed by atoms with E-state index in [2.05, 4.69) is 0 Å². The van der Waals surface area contributed by atoms with Crippen molar-refractivity contribution in [3.8, 4) is 0 Å². The van der Waals surface area contributed by atoms with Crippen LogP contribution in [0.15, 0.2) is 46.6 Å². The van der Waals surface area contributed by atoms with E-state index in [9.17, 15) is 9.59 Å². The maximum absolute atomic E-state index is 13.0. The van der Waals surface area contributed by atoms with Gasteiger partial charge in [0.15, 0.2) is 5.78 Å². The molecule has 0 spiro atoms. The van der Waals surface area contributed by atoms with E-state index in [1.54, 1.807) is 28.0 Å². The highest BCUT2D eigenvalue weighted by Gasteiger charge is 2.19. The van der Waals surface area contributed by atoms with Gasteiger partial charge in [-0.25, -0.2) is 0 Å². The van der Waals surface area contributed by atoms with E-state index in [4.69, 9.17) is 11.6 Å². The quantitative estimate of drug-likeness (QED) is 0.645. The van der Waals surface area contributed by atoms with Crippen molar-refractivity contribution in [1.82, 2.24) is 4.57 Å². The number of nitrogens with zero attached hydrogens (tertiary/aromatic N) is 1. The third-order valence-electron chi connectivity index (χ3n) is 4.03. The molecule has 0 radical (unpaired) electrons. The number of rotatable bonds is 4. The number of thiazole rings is 1. The zero-order valence-corrected chi connectivity index (χ0v) is 17.8. The Labute approximate surface area is 170 Å². The van der Waals surface area contributed by atoms with Crippen LogP contribution in [-0.2, 0) is 11.3 Å². The minimum Gasteiger partial charge on any atom is -0.294 e. The summed E-state index contributed by atoms with van der Waals surface area (Å²) < 4.78 is 2.88. The summed E-state index contributed by atoms with van der Waals surface area (Å²) in [5.41, 5.74) is 0.230. The number of benzene rings is 1. The molecule has 0 saturated heterocycles. The Kier molecular flexibility index (Phi) is 5.84. The molecule has 3 rings (SSSR count). The predicted molar refractivity (Wildman–Crippen MR) is 115 cm³/mol. The van der Waals surface area contributed by atoms with Crippen molar-refractivity contribution in [2.75, 3.05) is 0 Å². The van der Waals surface area contributed by atoms with E-state index in [0.29, 0.717) is 20.8 Å². The lowest BCUT2D eigenvalue weighted by Gasteiger charge is -2.13. The highest BCUT2D eigenvalue weighted by Crippen LogP contribution is 2.16.